The van der Waals surface area contributed by atoms with E-state index in [9.17, 15) is 9.59 Å². The average Bonchev–Trinajstić information content (AvgIpc) is 3.22. The zero-order valence-electron chi connectivity index (χ0n) is 16.1. The molecular formula is C20H23ClN4O2S2. The van der Waals surface area contributed by atoms with Gasteiger partial charge >= 0.3 is 0 Å². The summed E-state index contributed by atoms with van der Waals surface area (Å²) >= 11 is 13.1. The largest absolute Gasteiger partial charge is 0.367 e. The van der Waals surface area contributed by atoms with Crippen LogP contribution in [-0.2, 0) is 4.79 Å². The molecule has 154 valence electrons. The van der Waals surface area contributed by atoms with Crippen molar-refractivity contribution in [3.63, 3.8) is 0 Å². The van der Waals surface area contributed by atoms with Crippen LogP contribution in [0.5, 0.6) is 0 Å². The summed E-state index contributed by atoms with van der Waals surface area (Å²) < 4.78 is 0. The molecule has 1 aliphatic heterocycles. The van der Waals surface area contributed by atoms with Gasteiger partial charge in [-0.1, -0.05) is 24.6 Å². The van der Waals surface area contributed by atoms with Gasteiger partial charge in [0.1, 0.15) is 0 Å². The number of nitrogens with one attached hydrogen (secondary N) is 2. The number of hydrogen-bond donors (Lipinski definition) is 2. The first-order chi connectivity index (χ1) is 14.0. The summed E-state index contributed by atoms with van der Waals surface area (Å²) in [7, 11) is 0. The molecule has 0 spiro atoms. The molecule has 1 aromatic heterocycles. The third kappa shape index (κ3) is 5.68. The maximum Gasteiger partial charge on any atom is 0.264 e. The number of piperazine rings is 1. The van der Waals surface area contributed by atoms with Gasteiger partial charge in [0.15, 0.2) is 5.11 Å². The maximum atomic E-state index is 12.5. The molecule has 2 amide bonds. The van der Waals surface area contributed by atoms with Crippen molar-refractivity contribution in [3.05, 3.63) is 45.6 Å². The van der Waals surface area contributed by atoms with E-state index in [4.69, 9.17) is 23.8 Å². The highest BCUT2D eigenvalue weighted by Gasteiger charge is 2.23. The van der Waals surface area contributed by atoms with Gasteiger partial charge in [0.05, 0.1) is 15.6 Å². The number of hydrogen-bond acceptors (Lipinski definition) is 5. The van der Waals surface area contributed by atoms with Crippen LogP contribution >= 0.6 is 35.2 Å². The van der Waals surface area contributed by atoms with Gasteiger partial charge in [0, 0.05) is 38.3 Å². The summed E-state index contributed by atoms with van der Waals surface area (Å²) in [4.78, 5) is 28.9. The monoisotopic (exact) mass is 450 g/mol. The highest BCUT2D eigenvalue weighted by Crippen LogP contribution is 2.30. The first kappa shape index (κ1) is 21.5. The Kier molecular flexibility index (Phi) is 7.46. The fourth-order valence-electron chi connectivity index (χ4n) is 3.13. The number of carbonyl (C=O) groups excluding carboxylic acids is 2. The van der Waals surface area contributed by atoms with Crippen molar-refractivity contribution in [1.82, 2.24) is 10.2 Å². The van der Waals surface area contributed by atoms with E-state index in [2.05, 4.69) is 15.5 Å². The molecule has 1 aromatic carbocycles. The lowest BCUT2D eigenvalue weighted by Gasteiger charge is -2.36. The van der Waals surface area contributed by atoms with E-state index in [1.165, 1.54) is 11.3 Å². The second kappa shape index (κ2) is 10.0. The standard InChI is InChI=1S/C20H23ClN4O2S2/c1-2-4-18(26)23-20(28)22-14-6-7-16(15(21)13-14)24-8-10-25(11-9-24)19(27)17-5-3-12-29-17/h3,5-7,12-13H,2,4,8-11H2,1H3,(H2,22,23,26,28). The number of rotatable bonds is 5. The minimum atomic E-state index is -0.109. The van der Waals surface area contributed by atoms with Crippen LogP contribution in [-0.4, -0.2) is 48.0 Å². The average molecular weight is 451 g/mol. The van der Waals surface area contributed by atoms with E-state index >= 15 is 0 Å². The molecule has 3 rings (SSSR count). The maximum absolute atomic E-state index is 12.5. The predicted molar refractivity (Wildman–Crippen MR) is 123 cm³/mol. The number of carbonyl (C=O) groups is 2. The molecule has 1 aliphatic rings. The molecule has 2 aromatic rings. The van der Waals surface area contributed by atoms with Gasteiger partial charge in [-0.3, -0.25) is 9.59 Å². The lowest BCUT2D eigenvalue weighted by atomic mass is 10.2. The molecule has 0 bridgehead atoms. The molecule has 0 aliphatic carbocycles. The van der Waals surface area contributed by atoms with Crippen molar-refractivity contribution in [3.8, 4) is 0 Å². The van der Waals surface area contributed by atoms with Crippen molar-refractivity contribution < 1.29 is 9.59 Å². The van der Waals surface area contributed by atoms with Crippen molar-refractivity contribution >= 4 is 63.5 Å². The van der Waals surface area contributed by atoms with Gasteiger partial charge in [0.25, 0.3) is 5.91 Å². The van der Waals surface area contributed by atoms with Crippen molar-refractivity contribution in [2.45, 2.75) is 19.8 Å². The molecular weight excluding hydrogens is 428 g/mol. The Morgan fingerprint density at radius 2 is 1.97 bits per heavy atom. The molecule has 1 fully saturated rings. The highest BCUT2D eigenvalue weighted by atomic mass is 35.5. The number of thiophene rings is 1. The summed E-state index contributed by atoms with van der Waals surface area (Å²) in [6.07, 6.45) is 1.20. The molecule has 1 saturated heterocycles. The molecule has 9 heteroatoms. The van der Waals surface area contributed by atoms with Crippen LogP contribution in [0, 0.1) is 0 Å². The number of benzene rings is 1. The Labute approximate surface area is 184 Å². The second-order valence-electron chi connectivity index (χ2n) is 6.68. The Bertz CT molecular complexity index is 881. The first-order valence-electron chi connectivity index (χ1n) is 9.46. The Hall–Kier alpha value is -2.16. The van der Waals surface area contributed by atoms with Crippen LogP contribution in [0.4, 0.5) is 11.4 Å². The topological polar surface area (TPSA) is 64.7 Å². The molecule has 2 N–H and O–H groups in total. The molecule has 0 atom stereocenters. The van der Waals surface area contributed by atoms with Gasteiger partial charge in [-0.05, 0) is 48.3 Å². The van der Waals surface area contributed by atoms with E-state index in [1.54, 1.807) is 6.07 Å². The van der Waals surface area contributed by atoms with Gasteiger partial charge < -0.3 is 20.4 Å². The molecule has 0 radical (unpaired) electrons. The third-order valence-electron chi connectivity index (χ3n) is 4.58. The number of anilines is 2. The summed E-state index contributed by atoms with van der Waals surface area (Å²) in [6.45, 7) is 4.68. The van der Waals surface area contributed by atoms with Crippen LogP contribution < -0.4 is 15.5 Å². The molecule has 2 heterocycles. The van der Waals surface area contributed by atoms with Crippen molar-refractivity contribution in [1.29, 1.82) is 0 Å². The summed E-state index contributed by atoms with van der Waals surface area (Å²) in [5.74, 6) is -0.0217. The normalized spacial score (nSPS) is 13.9. The predicted octanol–water partition coefficient (Wildman–Crippen LogP) is 3.98. The van der Waals surface area contributed by atoms with Crippen molar-refractivity contribution in [2.24, 2.45) is 0 Å². The SMILES string of the molecule is CCCC(=O)NC(=S)Nc1ccc(N2CCN(C(=O)c3cccs3)CC2)c(Cl)c1. The fourth-order valence-corrected chi connectivity index (χ4v) is 4.35. The minimum absolute atomic E-state index is 0.0870. The first-order valence-corrected chi connectivity index (χ1v) is 11.1. The second-order valence-corrected chi connectivity index (χ2v) is 8.44. The number of thiocarbonyl (C=S) groups is 1. The van der Waals surface area contributed by atoms with Crippen LogP contribution in [0.2, 0.25) is 5.02 Å². The van der Waals surface area contributed by atoms with Gasteiger partial charge in [0.2, 0.25) is 5.91 Å². The van der Waals surface area contributed by atoms with Crippen LogP contribution in [0.3, 0.4) is 0 Å². The minimum Gasteiger partial charge on any atom is -0.367 e. The Morgan fingerprint density at radius 3 is 2.59 bits per heavy atom. The highest BCUT2D eigenvalue weighted by molar-refractivity contribution is 7.80. The smallest absolute Gasteiger partial charge is 0.264 e. The zero-order valence-corrected chi connectivity index (χ0v) is 18.5. The zero-order chi connectivity index (χ0) is 20.8. The van der Waals surface area contributed by atoms with Crippen molar-refractivity contribution in [2.75, 3.05) is 36.4 Å². The lowest BCUT2D eigenvalue weighted by Crippen LogP contribution is -2.48. The molecule has 0 saturated carbocycles. The van der Waals surface area contributed by atoms with E-state index in [1.807, 2.05) is 41.5 Å². The lowest BCUT2D eigenvalue weighted by molar-refractivity contribution is -0.119. The molecule has 6 nitrogen and oxygen atoms in total. The summed E-state index contributed by atoms with van der Waals surface area (Å²) in [6, 6.07) is 9.35. The number of nitrogens with zero attached hydrogens (tertiary/aromatic N) is 2. The quantitative estimate of drug-likeness (QED) is 0.674. The van der Waals surface area contributed by atoms with Gasteiger partial charge in [-0.25, -0.2) is 0 Å². The van der Waals surface area contributed by atoms with E-state index in [-0.39, 0.29) is 16.9 Å². The number of halogens is 1. The van der Waals surface area contributed by atoms with E-state index < -0.39 is 0 Å². The van der Waals surface area contributed by atoms with Gasteiger partial charge in [-0.15, -0.1) is 11.3 Å². The van der Waals surface area contributed by atoms with Gasteiger partial charge in [-0.2, -0.15) is 0 Å². The van der Waals surface area contributed by atoms with E-state index in [0.29, 0.717) is 30.2 Å². The summed E-state index contributed by atoms with van der Waals surface area (Å²) in [5.41, 5.74) is 1.63. The fraction of sp³-hybridized carbons (Fsp3) is 0.350. The van der Waals surface area contributed by atoms with E-state index in [0.717, 1.165) is 30.1 Å². The third-order valence-corrected chi connectivity index (χ3v) is 5.94. The number of amides is 2. The Morgan fingerprint density at radius 1 is 1.21 bits per heavy atom. The Balaban J connectivity index is 1.56. The summed E-state index contributed by atoms with van der Waals surface area (Å²) in [5, 5.41) is 8.40. The molecule has 29 heavy (non-hydrogen) atoms. The van der Waals surface area contributed by atoms with Crippen LogP contribution in [0.15, 0.2) is 35.7 Å². The van der Waals surface area contributed by atoms with Crippen LogP contribution in [0.25, 0.3) is 0 Å². The molecule has 0 unspecified atom stereocenters. The van der Waals surface area contributed by atoms with Crippen LogP contribution in [0.1, 0.15) is 29.4 Å².